The summed E-state index contributed by atoms with van der Waals surface area (Å²) in [5.74, 6) is 0.448. The standard InChI is InChI=1S/C53H72ClNO6/c1-32(2)44-39(56)28-53(42(57)30-55-29-33-15-17-35(54)18-16-33)26-25-51(8)36(45(44)53)19-20-41-50(7)23-22-43(49(5,6)40(50)21-24-52(41,51)9)61-47(59)38-27-37(48(38,3)4)46(58)60-31-34-13-11-10-12-14-34/h10-18,32,36-38,40-43,55,57H,19-31H2,1-9H3/t36-,37+,38-,40?,41?,42+,43+,50+,51-,52-,53+/m1/s1. The van der Waals surface area contributed by atoms with Gasteiger partial charge in [-0.15, -0.1) is 0 Å². The zero-order valence-corrected chi connectivity index (χ0v) is 39.1. The Morgan fingerprint density at radius 3 is 2.15 bits per heavy atom. The van der Waals surface area contributed by atoms with Crippen LogP contribution in [-0.4, -0.2) is 41.6 Å². The second-order valence-electron chi connectivity index (χ2n) is 22.7. The number of aliphatic hydroxyl groups is 1. The Kier molecular flexibility index (Phi) is 11.6. The summed E-state index contributed by atoms with van der Waals surface area (Å²) in [5.41, 5.74) is 3.24. The first kappa shape index (κ1) is 44.6. The molecule has 0 saturated heterocycles. The molecule has 0 heterocycles. The van der Waals surface area contributed by atoms with Crippen LogP contribution in [0.25, 0.3) is 0 Å². The van der Waals surface area contributed by atoms with Crippen molar-refractivity contribution in [2.75, 3.05) is 6.54 Å². The van der Waals surface area contributed by atoms with E-state index in [1.807, 2.05) is 68.4 Å². The maximum Gasteiger partial charge on any atom is 0.309 e. The molecule has 6 aliphatic carbocycles. The SMILES string of the molecule is CC(C)C1=C2[C@H]3CCC4[C@@]5(C)CC[C@H](OC(=O)[C@H]6C[C@@H](C(=O)OCc7ccccc7)C6(C)C)C(C)(C)C5CC[C@@]4(C)[C@]3(C)CC[C@@]2([C@@H](O)CNCc2ccc(Cl)cc2)CC1=O. The van der Waals surface area contributed by atoms with Crippen molar-refractivity contribution in [1.82, 2.24) is 5.32 Å². The molecular weight excluding hydrogens is 782 g/mol. The fourth-order valence-corrected chi connectivity index (χ4v) is 15.3. The fraction of sp³-hybridized carbons (Fsp3) is 0.679. The van der Waals surface area contributed by atoms with Gasteiger partial charge < -0.3 is 19.9 Å². The molecule has 2 aromatic rings. The van der Waals surface area contributed by atoms with Crippen molar-refractivity contribution >= 4 is 29.3 Å². The number of carbonyl (C=O) groups is 3. The lowest BCUT2D eigenvalue weighted by molar-refractivity contribution is -0.238. The number of nitrogens with one attached hydrogen (secondary N) is 1. The van der Waals surface area contributed by atoms with Gasteiger partial charge >= 0.3 is 11.9 Å². The maximum atomic E-state index is 14.1. The highest BCUT2D eigenvalue weighted by Crippen LogP contribution is 2.77. The third-order valence-corrected chi connectivity index (χ3v) is 19.2. The maximum absolute atomic E-state index is 14.1. The molecule has 5 fully saturated rings. The molecule has 2 aromatic carbocycles. The predicted molar refractivity (Wildman–Crippen MR) is 240 cm³/mol. The van der Waals surface area contributed by atoms with Gasteiger partial charge in [0.2, 0.25) is 0 Å². The predicted octanol–water partition coefficient (Wildman–Crippen LogP) is 11.1. The van der Waals surface area contributed by atoms with Gasteiger partial charge in [-0.25, -0.2) is 0 Å². The number of allylic oxidation sites excluding steroid dienone is 1. The number of benzene rings is 2. The molecule has 0 spiro atoms. The molecule has 61 heavy (non-hydrogen) atoms. The minimum absolute atomic E-state index is 0.00794. The molecule has 8 heteroatoms. The number of fused-ring (bicyclic) bond motifs is 7. The van der Waals surface area contributed by atoms with Crippen LogP contribution in [-0.2, 0) is 37.0 Å². The van der Waals surface area contributed by atoms with Crippen LogP contribution in [0.2, 0.25) is 5.02 Å². The Bertz CT molecular complexity index is 2040. The molecule has 0 bridgehead atoms. The van der Waals surface area contributed by atoms with E-state index < -0.39 is 16.9 Å². The van der Waals surface area contributed by atoms with Gasteiger partial charge in [-0.05, 0) is 132 Å². The summed E-state index contributed by atoms with van der Waals surface area (Å²) >= 11 is 6.14. The van der Waals surface area contributed by atoms with Crippen LogP contribution in [0.15, 0.2) is 65.7 Å². The van der Waals surface area contributed by atoms with E-state index in [2.05, 4.69) is 53.8 Å². The lowest BCUT2D eigenvalue weighted by Gasteiger charge is -2.72. The second-order valence-corrected chi connectivity index (χ2v) is 23.1. The van der Waals surface area contributed by atoms with Crippen molar-refractivity contribution in [3.8, 4) is 0 Å². The average molecular weight is 855 g/mol. The third kappa shape index (κ3) is 7.09. The first-order valence-electron chi connectivity index (χ1n) is 23.5. The van der Waals surface area contributed by atoms with Gasteiger partial charge in [-0.1, -0.05) is 122 Å². The Hall–Kier alpha value is -3.00. The summed E-state index contributed by atoms with van der Waals surface area (Å²) in [6.07, 6.45) is 8.06. The van der Waals surface area contributed by atoms with Crippen LogP contribution in [0, 0.1) is 68.0 Å². The molecule has 0 aromatic heterocycles. The summed E-state index contributed by atoms with van der Waals surface area (Å²) < 4.78 is 12.3. The number of rotatable bonds is 11. The number of ether oxygens (including phenoxy) is 2. The summed E-state index contributed by atoms with van der Waals surface area (Å²) in [7, 11) is 0. The summed E-state index contributed by atoms with van der Waals surface area (Å²) in [4.78, 5) is 41.3. The Morgan fingerprint density at radius 2 is 1.48 bits per heavy atom. The molecule has 0 amide bonds. The average Bonchev–Trinajstić information content (AvgIpc) is 3.52. The van der Waals surface area contributed by atoms with E-state index in [0.717, 1.165) is 68.1 Å². The topological polar surface area (TPSA) is 102 Å². The normalized spacial score (nSPS) is 37.7. The molecule has 2 N–H and O–H groups in total. The van der Waals surface area contributed by atoms with E-state index in [-0.39, 0.29) is 75.8 Å². The van der Waals surface area contributed by atoms with Crippen molar-refractivity contribution in [2.45, 2.75) is 152 Å². The molecule has 11 atom stereocenters. The molecule has 8 rings (SSSR count). The highest BCUT2D eigenvalue weighted by molar-refractivity contribution is 6.30. The number of ketones is 1. The first-order valence-corrected chi connectivity index (χ1v) is 23.9. The van der Waals surface area contributed by atoms with Crippen LogP contribution < -0.4 is 5.32 Å². The molecular formula is C53H72ClNO6. The van der Waals surface area contributed by atoms with Gasteiger partial charge in [0.15, 0.2) is 5.78 Å². The molecule has 0 radical (unpaired) electrons. The van der Waals surface area contributed by atoms with Crippen molar-refractivity contribution in [1.29, 1.82) is 0 Å². The van der Waals surface area contributed by atoms with Crippen molar-refractivity contribution in [3.05, 3.63) is 81.9 Å². The molecule has 2 unspecified atom stereocenters. The van der Waals surface area contributed by atoms with Crippen LogP contribution in [0.3, 0.4) is 0 Å². The molecule has 6 aliphatic rings. The first-order chi connectivity index (χ1) is 28.7. The van der Waals surface area contributed by atoms with Gasteiger partial charge in [0.05, 0.1) is 17.9 Å². The highest BCUT2D eigenvalue weighted by atomic mass is 35.5. The van der Waals surface area contributed by atoms with Gasteiger partial charge in [-0.3, -0.25) is 14.4 Å². The van der Waals surface area contributed by atoms with Crippen LogP contribution >= 0.6 is 11.6 Å². The lowest BCUT2D eigenvalue weighted by atomic mass is 9.33. The third-order valence-electron chi connectivity index (χ3n) is 19.0. The number of Topliss-reactive ketones (excluding diaryl/α,β-unsaturated/α-hetero) is 1. The zero-order chi connectivity index (χ0) is 43.9. The smallest absolute Gasteiger partial charge is 0.309 e. The highest BCUT2D eigenvalue weighted by Gasteiger charge is 2.71. The number of aliphatic hydroxyl groups excluding tert-OH is 1. The van der Waals surface area contributed by atoms with E-state index in [4.69, 9.17) is 21.1 Å². The van der Waals surface area contributed by atoms with Gasteiger partial charge in [0.25, 0.3) is 0 Å². The largest absolute Gasteiger partial charge is 0.462 e. The number of esters is 2. The van der Waals surface area contributed by atoms with E-state index in [1.54, 1.807) is 0 Å². The van der Waals surface area contributed by atoms with E-state index in [0.29, 0.717) is 42.8 Å². The summed E-state index contributed by atoms with van der Waals surface area (Å²) in [5, 5.41) is 16.5. The second kappa shape index (κ2) is 15.9. The van der Waals surface area contributed by atoms with Gasteiger partial charge in [0.1, 0.15) is 12.7 Å². The summed E-state index contributed by atoms with van der Waals surface area (Å²) in [6, 6.07) is 17.5. The van der Waals surface area contributed by atoms with E-state index >= 15 is 0 Å². The van der Waals surface area contributed by atoms with Crippen molar-refractivity contribution in [2.24, 2.45) is 68.0 Å². The Labute approximate surface area is 370 Å². The monoisotopic (exact) mass is 854 g/mol. The molecule has 332 valence electrons. The van der Waals surface area contributed by atoms with Crippen LogP contribution in [0.1, 0.15) is 138 Å². The minimum Gasteiger partial charge on any atom is -0.462 e. The van der Waals surface area contributed by atoms with Crippen LogP contribution in [0.5, 0.6) is 0 Å². The fourth-order valence-electron chi connectivity index (χ4n) is 15.2. The minimum atomic E-state index is -0.651. The summed E-state index contributed by atoms with van der Waals surface area (Å²) in [6.45, 7) is 22.1. The van der Waals surface area contributed by atoms with Gasteiger partial charge in [0, 0.05) is 35.4 Å². The number of halogens is 1. The van der Waals surface area contributed by atoms with E-state index in [9.17, 15) is 19.5 Å². The lowest BCUT2D eigenvalue weighted by Crippen LogP contribution is -2.66. The Morgan fingerprint density at radius 1 is 0.787 bits per heavy atom. The quantitative estimate of drug-likeness (QED) is 0.217. The number of carbonyl (C=O) groups excluding carboxylic acids is 3. The molecule has 7 nitrogen and oxygen atoms in total. The van der Waals surface area contributed by atoms with Crippen molar-refractivity contribution in [3.63, 3.8) is 0 Å². The number of hydrogen-bond donors (Lipinski definition) is 2. The van der Waals surface area contributed by atoms with Gasteiger partial charge in [-0.2, -0.15) is 0 Å². The molecule has 0 aliphatic heterocycles. The number of hydrogen-bond acceptors (Lipinski definition) is 7. The van der Waals surface area contributed by atoms with Crippen molar-refractivity contribution < 1.29 is 29.0 Å². The van der Waals surface area contributed by atoms with Crippen LogP contribution in [0.4, 0.5) is 0 Å². The van der Waals surface area contributed by atoms with E-state index in [1.165, 1.54) is 5.57 Å². The molecule has 5 saturated carbocycles. The zero-order valence-electron chi connectivity index (χ0n) is 38.4. The Balaban J connectivity index is 0.969.